The van der Waals surface area contributed by atoms with Crippen LogP contribution in [0.15, 0.2) is 206 Å². The Morgan fingerprint density at radius 3 is 1.48 bits per heavy atom. The minimum absolute atomic E-state index is 0.600. The smallest absolute Gasteiger partial charge is 0.166 e. The van der Waals surface area contributed by atoms with Crippen molar-refractivity contribution >= 4 is 43.6 Å². The second-order valence-corrected chi connectivity index (χ2v) is 17.0. The number of hydrogen-bond donors (Lipinski definition) is 0. The highest BCUT2D eigenvalue weighted by molar-refractivity contribution is 6.12. The van der Waals surface area contributed by atoms with E-state index in [-0.39, 0.29) is 0 Å². The first-order chi connectivity index (χ1) is 32.0. The molecule has 0 aliphatic carbocycles. The lowest BCUT2D eigenvalue weighted by molar-refractivity contribution is 1.06. The summed E-state index contributed by atoms with van der Waals surface area (Å²) < 4.78 is 4.77. The van der Waals surface area contributed by atoms with Gasteiger partial charge in [0.05, 0.1) is 27.8 Å². The molecule has 9 aromatic carbocycles. The lowest BCUT2D eigenvalue weighted by Gasteiger charge is -2.17. The van der Waals surface area contributed by atoms with Crippen LogP contribution < -0.4 is 0 Å². The fraction of sp³-hybridized carbons (Fsp3) is 0.0500. The van der Waals surface area contributed by atoms with Crippen LogP contribution in [-0.4, -0.2) is 24.1 Å². The van der Waals surface area contributed by atoms with Crippen LogP contribution in [0, 0.1) is 20.8 Å². The predicted molar refractivity (Wildman–Crippen MR) is 270 cm³/mol. The van der Waals surface area contributed by atoms with Gasteiger partial charge in [0.15, 0.2) is 17.5 Å². The van der Waals surface area contributed by atoms with E-state index in [2.05, 4.69) is 200 Å². The summed E-state index contributed by atoms with van der Waals surface area (Å²) >= 11 is 0. The third kappa shape index (κ3) is 6.51. The molecule has 0 spiro atoms. The number of benzene rings is 9. The third-order valence-corrected chi connectivity index (χ3v) is 12.8. The van der Waals surface area contributed by atoms with Crippen molar-refractivity contribution in [3.05, 3.63) is 223 Å². The summed E-state index contributed by atoms with van der Waals surface area (Å²) in [7, 11) is 0. The number of hydrogen-bond acceptors (Lipinski definition) is 3. The minimum Gasteiger partial charge on any atom is -0.309 e. The van der Waals surface area contributed by atoms with E-state index < -0.39 is 0 Å². The summed E-state index contributed by atoms with van der Waals surface area (Å²) in [6.07, 6.45) is 0. The maximum atomic E-state index is 5.34. The van der Waals surface area contributed by atoms with Crippen molar-refractivity contribution in [2.75, 3.05) is 0 Å². The molecule has 3 aromatic heterocycles. The van der Waals surface area contributed by atoms with Gasteiger partial charge >= 0.3 is 0 Å². The van der Waals surface area contributed by atoms with E-state index in [1.165, 1.54) is 54.9 Å². The van der Waals surface area contributed by atoms with Crippen molar-refractivity contribution in [1.82, 2.24) is 24.1 Å². The fourth-order valence-electron chi connectivity index (χ4n) is 10.0. The van der Waals surface area contributed by atoms with Crippen LogP contribution in [-0.2, 0) is 0 Å². The molecule has 12 rings (SSSR count). The summed E-state index contributed by atoms with van der Waals surface area (Å²) in [6, 6.07) is 73.6. The highest BCUT2D eigenvalue weighted by atomic mass is 15.1. The topological polar surface area (TPSA) is 48.5 Å². The average Bonchev–Trinajstić information content (AvgIpc) is 3.86. The van der Waals surface area contributed by atoms with Crippen LogP contribution in [0.3, 0.4) is 0 Å². The van der Waals surface area contributed by atoms with Gasteiger partial charge < -0.3 is 9.13 Å². The Bertz CT molecular complexity index is 3710. The Labute approximate surface area is 377 Å². The number of rotatable bonds is 7. The number of aryl methyl sites for hydroxylation is 3. The molecule has 5 nitrogen and oxygen atoms in total. The van der Waals surface area contributed by atoms with Crippen molar-refractivity contribution in [2.24, 2.45) is 0 Å². The molecular weight excluding hydrogens is 791 g/mol. The van der Waals surface area contributed by atoms with E-state index in [1.54, 1.807) is 0 Å². The monoisotopic (exact) mass is 833 g/mol. The van der Waals surface area contributed by atoms with E-state index in [1.807, 2.05) is 36.4 Å². The lowest BCUT2D eigenvalue weighted by atomic mass is 9.93. The van der Waals surface area contributed by atoms with Gasteiger partial charge in [-0.3, -0.25) is 0 Å². The van der Waals surface area contributed by atoms with Gasteiger partial charge in [0.1, 0.15) is 0 Å². The second-order valence-electron chi connectivity index (χ2n) is 17.0. The molecular formula is C60H43N5. The lowest BCUT2D eigenvalue weighted by Crippen LogP contribution is -2.04. The molecule has 0 fully saturated rings. The minimum atomic E-state index is 0.600. The maximum Gasteiger partial charge on any atom is 0.166 e. The van der Waals surface area contributed by atoms with Gasteiger partial charge in [-0.2, -0.15) is 0 Å². The van der Waals surface area contributed by atoms with Crippen molar-refractivity contribution in [2.45, 2.75) is 20.8 Å². The highest BCUT2D eigenvalue weighted by Crippen LogP contribution is 2.42. The SMILES string of the molecule is Cc1cc(C)c(-c2ccc3c(c2)c2ccccc2n3-c2ccc(-c3ccc4c5ccccc5n(-c5ccccc5)c4c3)cc2-c2nc(-c3ccccc3)nc(-c3ccccc3)n2)c(C)c1. The largest absolute Gasteiger partial charge is 0.309 e. The first kappa shape index (κ1) is 38.3. The zero-order valence-corrected chi connectivity index (χ0v) is 36.4. The molecule has 3 heterocycles. The standard InChI is InChI=1S/C60H43N5/c1-38-33-39(2)57(40(3)34-38)45-29-32-54-50(36-45)48-24-14-16-26-53(48)65(54)55-31-28-43(44-27-30-49-47-23-13-15-25-52(47)64(56(49)37-44)46-21-11-6-12-22-46)35-51(55)60-62-58(41-17-7-4-8-18-41)61-59(63-60)42-19-9-5-10-20-42/h4-37H,1-3H3. The second kappa shape index (κ2) is 15.4. The van der Waals surface area contributed by atoms with Crippen LogP contribution >= 0.6 is 0 Å². The fourth-order valence-corrected chi connectivity index (χ4v) is 10.0. The molecule has 12 aromatic rings. The Hall–Kier alpha value is -8.41. The van der Waals surface area contributed by atoms with Crippen LogP contribution in [0.1, 0.15) is 16.7 Å². The molecule has 0 aliphatic rings. The third-order valence-electron chi connectivity index (χ3n) is 12.8. The average molecular weight is 834 g/mol. The van der Waals surface area contributed by atoms with Crippen molar-refractivity contribution < 1.29 is 0 Å². The molecule has 5 heteroatoms. The van der Waals surface area contributed by atoms with Gasteiger partial charge in [-0.1, -0.05) is 157 Å². The number of fused-ring (bicyclic) bond motifs is 6. The molecule has 0 atom stereocenters. The molecule has 308 valence electrons. The molecule has 0 unspecified atom stereocenters. The summed E-state index contributed by atoms with van der Waals surface area (Å²) in [5.41, 5.74) is 17.9. The molecule has 0 radical (unpaired) electrons. The van der Waals surface area contributed by atoms with Crippen molar-refractivity contribution in [3.63, 3.8) is 0 Å². The van der Waals surface area contributed by atoms with Gasteiger partial charge in [-0.25, -0.2) is 15.0 Å². The number of nitrogens with zero attached hydrogens (tertiary/aromatic N) is 5. The molecule has 0 saturated carbocycles. The molecule has 0 amide bonds. The number of aromatic nitrogens is 5. The Balaban J connectivity index is 1.13. The first-order valence-electron chi connectivity index (χ1n) is 22.2. The quantitative estimate of drug-likeness (QED) is 0.161. The first-order valence-corrected chi connectivity index (χ1v) is 22.2. The van der Waals surface area contributed by atoms with Crippen molar-refractivity contribution in [1.29, 1.82) is 0 Å². The molecule has 0 N–H and O–H groups in total. The van der Waals surface area contributed by atoms with Crippen LogP contribution in [0.4, 0.5) is 0 Å². The van der Waals surface area contributed by atoms with E-state index in [4.69, 9.17) is 15.0 Å². The maximum absolute atomic E-state index is 5.34. The van der Waals surface area contributed by atoms with E-state index in [9.17, 15) is 0 Å². The van der Waals surface area contributed by atoms with Gasteiger partial charge in [0, 0.05) is 43.9 Å². The Morgan fingerprint density at radius 1 is 0.323 bits per heavy atom. The van der Waals surface area contributed by atoms with Crippen LogP contribution in [0.25, 0.3) is 111 Å². The summed E-state index contributed by atoms with van der Waals surface area (Å²) in [4.78, 5) is 15.8. The molecule has 65 heavy (non-hydrogen) atoms. The number of para-hydroxylation sites is 3. The van der Waals surface area contributed by atoms with Gasteiger partial charge in [-0.05, 0) is 109 Å². The normalized spacial score (nSPS) is 11.6. The molecule has 0 aliphatic heterocycles. The van der Waals surface area contributed by atoms with E-state index in [0.29, 0.717) is 17.5 Å². The summed E-state index contributed by atoms with van der Waals surface area (Å²) in [5.74, 6) is 1.84. The Morgan fingerprint density at radius 2 is 0.815 bits per heavy atom. The zero-order valence-electron chi connectivity index (χ0n) is 36.4. The Kier molecular flexibility index (Phi) is 9.09. The summed E-state index contributed by atoms with van der Waals surface area (Å²) in [6.45, 7) is 6.61. The zero-order chi connectivity index (χ0) is 43.6. The van der Waals surface area contributed by atoms with Gasteiger partial charge in [-0.15, -0.1) is 0 Å². The van der Waals surface area contributed by atoms with E-state index in [0.717, 1.165) is 55.7 Å². The van der Waals surface area contributed by atoms with Crippen LogP contribution in [0.5, 0.6) is 0 Å². The molecule has 0 bridgehead atoms. The summed E-state index contributed by atoms with van der Waals surface area (Å²) in [5, 5.41) is 4.82. The predicted octanol–water partition coefficient (Wildman–Crippen LogP) is 15.3. The van der Waals surface area contributed by atoms with E-state index >= 15 is 0 Å². The highest BCUT2D eigenvalue weighted by Gasteiger charge is 2.22. The molecule has 0 saturated heterocycles. The van der Waals surface area contributed by atoms with Gasteiger partial charge in [0.25, 0.3) is 0 Å². The van der Waals surface area contributed by atoms with Gasteiger partial charge in [0.2, 0.25) is 0 Å². The van der Waals surface area contributed by atoms with Crippen LogP contribution in [0.2, 0.25) is 0 Å². The van der Waals surface area contributed by atoms with Crippen molar-refractivity contribution in [3.8, 4) is 67.8 Å².